The Morgan fingerprint density at radius 2 is 1.84 bits per heavy atom. The van der Waals surface area contributed by atoms with Crippen LogP contribution in [0.15, 0.2) is 41.3 Å². The lowest BCUT2D eigenvalue weighted by Crippen LogP contribution is -2.40. The van der Waals surface area contributed by atoms with Crippen molar-refractivity contribution in [2.45, 2.75) is 18.7 Å². The highest BCUT2D eigenvalue weighted by molar-refractivity contribution is 7.92. The van der Waals surface area contributed by atoms with Gasteiger partial charge in [-0.1, -0.05) is 6.07 Å². The monoisotopic (exact) mass is 462 g/mol. The Labute approximate surface area is 187 Å². The molecule has 1 fully saturated rings. The first-order chi connectivity index (χ1) is 15.3. The fourth-order valence-corrected chi connectivity index (χ4v) is 4.38. The molecule has 1 heterocycles. The van der Waals surface area contributed by atoms with Crippen LogP contribution in [-0.4, -0.2) is 65.2 Å². The summed E-state index contributed by atoms with van der Waals surface area (Å²) >= 11 is 0. The minimum absolute atomic E-state index is 0.101. The van der Waals surface area contributed by atoms with Crippen molar-refractivity contribution < 1.29 is 32.2 Å². The smallest absolute Gasteiger partial charge is 0.338 e. The van der Waals surface area contributed by atoms with Gasteiger partial charge >= 0.3 is 5.97 Å². The van der Waals surface area contributed by atoms with Crippen molar-refractivity contribution in [1.82, 2.24) is 4.90 Å². The Balaban J connectivity index is 1.93. The summed E-state index contributed by atoms with van der Waals surface area (Å²) < 4.78 is 44.2. The van der Waals surface area contributed by atoms with E-state index in [-0.39, 0.29) is 40.0 Å². The molecule has 0 atom stereocenters. The van der Waals surface area contributed by atoms with Gasteiger partial charge in [-0.05, 0) is 49.7 Å². The maximum absolute atomic E-state index is 13.1. The number of anilines is 1. The lowest BCUT2D eigenvalue weighted by Gasteiger charge is -2.27. The molecule has 1 aliphatic heterocycles. The Kier molecular flexibility index (Phi) is 7.37. The molecule has 1 amide bonds. The number of nitrogens with one attached hydrogen (secondary N) is 1. The maximum atomic E-state index is 13.1. The van der Waals surface area contributed by atoms with E-state index in [0.29, 0.717) is 31.9 Å². The quantitative estimate of drug-likeness (QED) is 0.629. The van der Waals surface area contributed by atoms with Crippen LogP contribution >= 0.6 is 0 Å². The zero-order valence-electron chi connectivity index (χ0n) is 18.2. The van der Waals surface area contributed by atoms with Crippen molar-refractivity contribution in [3.63, 3.8) is 0 Å². The molecule has 32 heavy (non-hydrogen) atoms. The average molecular weight is 463 g/mol. The molecular weight excluding hydrogens is 436 g/mol. The van der Waals surface area contributed by atoms with Crippen LogP contribution in [0.25, 0.3) is 0 Å². The van der Waals surface area contributed by atoms with Crippen LogP contribution in [0, 0.1) is 6.92 Å². The number of carbonyl (C=O) groups is 2. The van der Waals surface area contributed by atoms with Crippen molar-refractivity contribution >= 4 is 27.6 Å². The highest BCUT2D eigenvalue weighted by Gasteiger charge is 2.25. The van der Waals surface area contributed by atoms with Gasteiger partial charge in [-0.15, -0.1) is 0 Å². The predicted molar refractivity (Wildman–Crippen MR) is 118 cm³/mol. The fraction of sp³-hybridized carbons (Fsp3) is 0.364. The van der Waals surface area contributed by atoms with Gasteiger partial charge in [0.15, 0.2) is 0 Å². The summed E-state index contributed by atoms with van der Waals surface area (Å²) in [5.74, 6) is -0.598. The minimum atomic E-state index is -4.06. The summed E-state index contributed by atoms with van der Waals surface area (Å²) in [5.41, 5.74) is 1.24. The first-order valence-electron chi connectivity index (χ1n) is 10.1. The maximum Gasteiger partial charge on any atom is 0.338 e. The molecule has 172 valence electrons. The van der Waals surface area contributed by atoms with Gasteiger partial charge in [-0.2, -0.15) is 0 Å². The van der Waals surface area contributed by atoms with E-state index in [1.165, 1.54) is 31.4 Å². The zero-order chi connectivity index (χ0) is 23.3. The normalized spacial score (nSPS) is 14.0. The van der Waals surface area contributed by atoms with Gasteiger partial charge in [0.1, 0.15) is 5.75 Å². The molecule has 2 aromatic carbocycles. The van der Waals surface area contributed by atoms with Crippen molar-refractivity contribution in [3.05, 3.63) is 53.1 Å². The lowest BCUT2D eigenvalue weighted by atomic mass is 10.1. The van der Waals surface area contributed by atoms with Gasteiger partial charge in [0.2, 0.25) is 0 Å². The molecule has 0 bridgehead atoms. The number of esters is 1. The Morgan fingerprint density at radius 3 is 2.50 bits per heavy atom. The van der Waals surface area contributed by atoms with Gasteiger partial charge in [0.05, 0.1) is 48.6 Å². The van der Waals surface area contributed by atoms with E-state index in [1.807, 2.05) is 0 Å². The Hall–Kier alpha value is -3.11. The molecule has 3 rings (SSSR count). The number of morpholine rings is 1. The molecule has 2 aromatic rings. The summed E-state index contributed by atoms with van der Waals surface area (Å²) in [4.78, 5) is 26.5. The van der Waals surface area contributed by atoms with Crippen LogP contribution in [0.5, 0.6) is 5.75 Å². The van der Waals surface area contributed by atoms with E-state index in [9.17, 15) is 18.0 Å². The van der Waals surface area contributed by atoms with E-state index in [2.05, 4.69) is 4.72 Å². The molecular formula is C22H26N2O7S. The third-order valence-electron chi connectivity index (χ3n) is 5.00. The van der Waals surface area contributed by atoms with Gasteiger partial charge < -0.3 is 19.1 Å². The minimum Gasteiger partial charge on any atom is -0.496 e. The zero-order valence-corrected chi connectivity index (χ0v) is 19.0. The van der Waals surface area contributed by atoms with E-state index < -0.39 is 16.0 Å². The average Bonchev–Trinajstić information content (AvgIpc) is 2.80. The summed E-state index contributed by atoms with van der Waals surface area (Å²) in [7, 11) is -2.64. The topological polar surface area (TPSA) is 111 Å². The number of benzene rings is 2. The van der Waals surface area contributed by atoms with E-state index >= 15 is 0 Å². The number of sulfonamides is 1. The number of amides is 1. The van der Waals surface area contributed by atoms with Crippen molar-refractivity contribution in [2.75, 3.05) is 44.7 Å². The highest BCUT2D eigenvalue weighted by atomic mass is 32.2. The lowest BCUT2D eigenvalue weighted by molar-refractivity contribution is 0.0300. The van der Waals surface area contributed by atoms with Crippen LogP contribution in [0.2, 0.25) is 0 Å². The number of aryl methyl sites for hydroxylation is 1. The van der Waals surface area contributed by atoms with Gasteiger partial charge in [-0.3, -0.25) is 9.52 Å². The summed E-state index contributed by atoms with van der Waals surface area (Å²) in [6.45, 7) is 5.28. The van der Waals surface area contributed by atoms with E-state index in [0.717, 1.165) is 0 Å². The summed E-state index contributed by atoms with van der Waals surface area (Å²) in [6, 6.07) is 8.73. The van der Waals surface area contributed by atoms with Gasteiger partial charge in [-0.25, -0.2) is 13.2 Å². The number of hydrogen-bond acceptors (Lipinski definition) is 7. The Bertz CT molecular complexity index is 1110. The summed E-state index contributed by atoms with van der Waals surface area (Å²) in [5, 5.41) is 0. The highest BCUT2D eigenvalue weighted by Crippen LogP contribution is 2.27. The molecule has 0 unspecified atom stereocenters. The number of rotatable bonds is 7. The second-order valence-corrected chi connectivity index (χ2v) is 8.80. The first kappa shape index (κ1) is 23.6. The van der Waals surface area contributed by atoms with Crippen LogP contribution in [0.1, 0.15) is 33.2 Å². The molecule has 1 saturated heterocycles. The molecule has 1 N–H and O–H groups in total. The molecule has 10 heteroatoms. The molecule has 0 saturated carbocycles. The van der Waals surface area contributed by atoms with Crippen LogP contribution in [0.3, 0.4) is 0 Å². The van der Waals surface area contributed by atoms with Gasteiger partial charge in [0, 0.05) is 13.1 Å². The standard InChI is InChI=1S/C22H26N2O7S/c1-4-31-22(26)16-6-5-15(2)19(13-16)23-32(27,28)17-7-8-20(29-3)18(14-17)21(25)24-9-11-30-12-10-24/h5-8,13-14,23H,4,9-12H2,1-3H3. The number of hydrogen-bond donors (Lipinski definition) is 1. The fourth-order valence-electron chi connectivity index (χ4n) is 3.24. The first-order valence-corrected chi connectivity index (χ1v) is 11.6. The molecule has 0 radical (unpaired) electrons. The number of carbonyl (C=O) groups excluding carboxylic acids is 2. The van der Waals surface area contributed by atoms with Crippen LogP contribution in [-0.2, 0) is 19.5 Å². The van der Waals surface area contributed by atoms with E-state index in [4.69, 9.17) is 14.2 Å². The van der Waals surface area contributed by atoms with Crippen LogP contribution < -0.4 is 9.46 Å². The van der Waals surface area contributed by atoms with Crippen LogP contribution in [0.4, 0.5) is 5.69 Å². The van der Waals surface area contributed by atoms with Crippen molar-refractivity contribution in [3.8, 4) is 5.75 Å². The van der Waals surface area contributed by atoms with Gasteiger partial charge in [0.25, 0.3) is 15.9 Å². The van der Waals surface area contributed by atoms with Crippen molar-refractivity contribution in [1.29, 1.82) is 0 Å². The molecule has 9 nitrogen and oxygen atoms in total. The Morgan fingerprint density at radius 1 is 1.12 bits per heavy atom. The number of nitrogens with zero attached hydrogens (tertiary/aromatic N) is 1. The molecule has 1 aliphatic rings. The van der Waals surface area contributed by atoms with Crippen molar-refractivity contribution in [2.24, 2.45) is 0 Å². The largest absolute Gasteiger partial charge is 0.496 e. The molecule has 0 spiro atoms. The SMILES string of the molecule is CCOC(=O)c1ccc(C)c(NS(=O)(=O)c2ccc(OC)c(C(=O)N3CCOCC3)c2)c1. The second-order valence-electron chi connectivity index (χ2n) is 7.12. The molecule has 0 aromatic heterocycles. The second kappa shape index (κ2) is 10.0. The third kappa shape index (κ3) is 5.20. The van der Waals surface area contributed by atoms with E-state index in [1.54, 1.807) is 30.9 Å². The third-order valence-corrected chi connectivity index (χ3v) is 6.37. The summed E-state index contributed by atoms with van der Waals surface area (Å²) in [6.07, 6.45) is 0. The molecule has 0 aliphatic carbocycles. The number of ether oxygens (including phenoxy) is 3. The predicted octanol–water partition coefficient (Wildman–Crippen LogP) is 2.45. The number of methoxy groups -OCH3 is 1.